The lowest BCUT2D eigenvalue weighted by atomic mass is 10.2. The van der Waals surface area contributed by atoms with Gasteiger partial charge in [-0.05, 0) is 19.3 Å². The second-order valence-electron chi connectivity index (χ2n) is 3.54. The third kappa shape index (κ3) is 3.20. The molecule has 2 unspecified atom stereocenters. The maximum atomic E-state index is 11.4. The molecule has 0 radical (unpaired) electrons. The molecule has 1 aliphatic carbocycles. The smallest absolute Gasteiger partial charge is 0.213 e. The normalized spacial score (nSPS) is 28.1. The standard InChI is InChI=1S/C8H18N2O3S/c1-13-8-4-2-3-7(8)10-14(11,12)6-5-9/h7-8,10H,2-6,9H2,1H3. The molecular formula is C8H18N2O3S. The summed E-state index contributed by atoms with van der Waals surface area (Å²) in [6.45, 7) is 0.152. The molecule has 0 saturated heterocycles. The molecule has 1 aliphatic rings. The predicted octanol–water partition coefficient (Wildman–Crippen LogP) is -0.568. The van der Waals surface area contributed by atoms with Gasteiger partial charge in [0.05, 0.1) is 11.9 Å². The summed E-state index contributed by atoms with van der Waals surface area (Å²) in [4.78, 5) is 0. The zero-order valence-electron chi connectivity index (χ0n) is 8.40. The van der Waals surface area contributed by atoms with Gasteiger partial charge in [-0.15, -0.1) is 0 Å². The topological polar surface area (TPSA) is 81.4 Å². The molecule has 0 heterocycles. The highest BCUT2D eigenvalue weighted by molar-refractivity contribution is 7.89. The minimum absolute atomic E-state index is 0.0140. The summed E-state index contributed by atoms with van der Waals surface area (Å²) in [5, 5.41) is 0. The Kier molecular flexibility index (Phi) is 4.31. The Labute approximate surface area is 85.1 Å². The van der Waals surface area contributed by atoms with E-state index in [9.17, 15) is 8.42 Å². The average Bonchev–Trinajstić information content (AvgIpc) is 2.50. The van der Waals surface area contributed by atoms with Crippen molar-refractivity contribution in [3.63, 3.8) is 0 Å². The van der Waals surface area contributed by atoms with Gasteiger partial charge in [-0.3, -0.25) is 0 Å². The highest BCUT2D eigenvalue weighted by Crippen LogP contribution is 2.21. The summed E-state index contributed by atoms with van der Waals surface area (Å²) in [6, 6.07) is -0.0726. The zero-order valence-corrected chi connectivity index (χ0v) is 9.22. The van der Waals surface area contributed by atoms with Crippen LogP contribution in [0.25, 0.3) is 0 Å². The number of nitrogens with two attached hydrogens (primary N) is 1. The minimum Gasteiger partial charge on any atom is -0.380 e. The molecule has 14 heavy (non-hydrogen) atoms. The Morgan fingerprint density at radius 1 is 1.50 bits per heavy atom. The Hall–Kier alpha value is -0.170. The van der Waals surface area contributed by atoms with Crippen LogP contribution in [0.15, 0.2) is 0 Å². The van der Waals surface area contributed by atoms with Gasteiger partial charge >= 0.3 is 0 Å². The third-order valence-corrected chi connectivity index (χ3v) is 3.91. The molecule has 3 N–H and O–H groups in total. The second-order valence-corrected chi connectivity index (χ2v) is 5.41. The van der Waals surface area contributed by atoms with E-state index in [1.807, 2.05) is 0 Å². The number of rotatable bonds is 5. The molecule has 0 aliphatic heterocycles. The molecule has 0 spiro atoms. The fourth-order valence-corrected chi connectivity index (χ4v) is 2.95. The number of hydrogen-bond donors (Lipinski definition) is 2. The van der Waals surface area contributed by atoms with Crippen LogP contribution in [0.3, 0.4) is 0 Å². The summed E-state index contributed by atoms with van der Waals surface area (Å²) >= 11 is 0. The van der Waals surface area contributed by atoms with Gasteiger partial charge in [0.25, 0.3) is 0 Å². The van der Waals surface area contributed by atoms with Gasteiger partial charge in [0.2, 0.25) is 10.0 Å². The first-order valence-corrected chi connectivity index (χ1v) is 6.47. The molecular weight excluding hydrogens is 204 g/mol. The van der Waals surface area contributed by atoms with Gasteiger partial charge in [-0.25, -0.2) is 13.1 Å². The number of hydrogen-bond acceptors (Lipinski definition) is 4. The van der Waals surface area contributed by atoms with Gasteiger partial charge < -0.3 is 10.5 Å². The first-order valence-electron chi connectivity index (χ1n) is 4.82. The lowest BCUT2D eigenvalue weighted by molar-refractivity contribution is 0.0916. The van der Waals surface area contributed by atoms with E-state index in [4.69, 9.17) is 10.5 Å². The van der Waals surface area contributed by atoms with Gasteiger partial charge in [0.15, 0.2) is 0 Å². The Morgan fingerprint density at radius 2 is 2.21 bits per heavy atom. The lowest BCUT2D eigenvalue weighted by Gasteiger charge is -2.19. The van der Waals surface area contributed by atoms with Crippen LogP contribution in [0.5, 0.6) is 0 Å². The molecule has 0 amide bonds. The highest BCUT2D eigenvalue weighted by atomic mass is 32.2. The van der Waals surface area contributed by atoms with Crippen LogP contribution in [-0.2, 0) is 14.8 Å². The molecule has 1 fully saturated rings. The van der Waals surface area contributed by atoms with E-state index in [1.165, 1.54) is 0 Å². The van der Waals surface area contributed by atoms with E-state index in [2.05, 4.69) is 4.72 Å². The highest BCUT2D eigenvalue weighted by Gasteiger charge is 2.30. The van der Waals surface area contributed by atoms with E-state index in [1.54, 1.807) is 7.11 Å². The Morgan fingerprint density at radius 3 is 2.79 bits per heavy atom. The zero-order chi connectivity index (χ0) is 10.6. The molecule has 0 bridgehead atoms. The maximum Gasteiger partial charge on any atom is 0.213 e. The summed E-state index contributed by atoms with van der Waals surface area (Å²) in [7, 11) is -1.60. The number of methoxy groups -OCH3 is 1. The molecule has 2 atom stereocenters. The van der Waals surface area contributed by atoms with Crippen molar-refractivity contribution < 1.29 is 13.2 Å². The first-order chi connectivity index (χ1) is 6.59. The molecule has 0 aromatic heterocycles. The number of sulfonamides is 1. The largest absolute Gasteiger partial charge is 0.380 e. The summed E-state index contributed by atoms with van der Waals surface area (Å²) in [5.74, 6) is -0.0140. The summed E-state index contributed by atoms with van der Waals surface area (Å²) in [6.07, 6.45) is 2.80. The maximum absolute atomic E-state index is 11.4. The Bertz CT molecular complexity index is 266. The number of ether oxygens (including phenoxy) is 1. The predicted molar refractivity (Wildman–Crippen MR) is 54.4 cm³/mol. The third-order valence-electron chi connectivity index (χ3n) is 2.47. The molecule has 0 aromatic rings. The van der Waals surface area contributed by atoms with Gasteiger partial charge in [-0.1, -0.05) is 0 Å². The monoisotopic (exact) mass is 222 g/mol. The van der Waals surface area contributed by atoms with Gasteiger partial charge in [0.1, 0.15) is 0 Å². The van der Waals surface area contributed by atoms with Crippen LogP contribution < -0.4 is 10.5 Å². The van der Waals surface area contributed by atoms with E-state index < -0.39 is 10.0 Å². The van der Waals surface area contributed by atoms with Gasteiger partial charge in [-0.2, -0.15) is 0 Å². The van der Waals surface area contributed by atoms with Crippen molar-refractivity contribution in [1.29, 1.82) is 0 Å². The lowest BCUT2D eigenvalue weighted by Crippen LogP contribution is -2.42. The van der Waals surface area contributed by atoms with Crippen molar-refractivity contribution in [3.8, 4) is 0 Å². The fraction of sp³-hybridized carbons (Fsp3) is 1.00. The Balaban J connectivity index is 2.51. The molecule has 1 rings (SSSR count). The van der Waals surface area contributed by atoms with Crippen LogP contribution in [0.1, 0.15) is 19.3 Å². The molecule has 5 nitrogen and oxygen atoms in total. The van der Waals surface area contributed by atoms with E-state index in [0.717, 1.165) is 19.3 Å². The van der Waals surface area contributed by atoms with Crippen LogP contribution in [0.4, 0.5) is 0 Å². The van der Waals surface area contributed by atoms with Crippen molar-refractivity contribution in [2.45, 2.75) is 31.4 Å². The second kappa shape index (κ2) is 5.06. The van der Waals surface area contributed by atoms with Crippen molar-refractivity contribution >= 4 is 10.0 Å². The molecule has 0 aromatic carbocycles. The van der Waals surface area contributed by atoms with Crippen molar-refractivity contribution in [3.05, 3.63) is 0 Å². The van der Waals surface area contributed by atoms with E-state index >= 15 is 0 Å². The summed E-state index contributed by atoms with van der Waals surface area (Å²) in [5.41, 5.74) is 5.21. The van der Waals surface area contributed by atoms with Crippen molar-refractivity contribution in [2.75, 3.05) is 19.4 Å². The van der Waals surface area contributed by atoms with Crippen molar-refractivity contribution in [2.24, 2.45) is 5.73 Å². The summed E-state index contributed by atoms with van der Waals surface area (Å²) < 4.78 is 30.6. The first kappa shape index (κ1) is 11.9. The van der Waals surface area contributed by atoms with E-state index in [-0.39, 0.29) is 24.4 Å². The van der Waals surface area contributed by atoms with Crippen LogP contribution in [0, 0.1) is 0 Å². The molecule has 1 saturated carbocycles. The number of nitrogens with one attached hydrogen (secondary N) is 1. The van der Waals surface area contributed by atoms with Crippen LogP contribution in [0.2, 0.25) is 0 Å². The molecule has 84 valence electrons. The van der Waals surface area contributed by atoms with Gasteiger partial charge in [0, 0.05) is 19.7 Å². The van der Waals surface area contributed by atoms with Crippen LogP contribution in [-0.4, -0.2) is 40.0 Å². The van der Waals surface area contributed by atoms with Crippen molar-refractivity contribution in [1.82, 2.24) is 4.72 Å². The SMILES string of the molecule is COC1CCCC1NS(=O)(=O)CCN. The van der Waals surface area contributed by atoms with E-state index in [0.29, 0.717) is 0 Å². The quantitative estimate of drug-likeness (QED) is 0.653. The minimum atomic E-state index is -3.21. The average molecular weight is 222 g/mol. The fourth-order valence-electron chi connectivity index (χ4n) is 1.79. The van der Waals surface area contributed by atoms with Crippen LogP contribution >= 0.6 is 0 Å². The molecule has 6 heteroatoms.